The molecular formula is C17H35Cl2NO4. The second kappa shape index (κ2) is 17.7. The van der Waals surface area contributed by atoms with E-state index in [1.165, 1.54) is 71.3 Å². The number of rotatable bonds is 14. The summed E-state index contributed by atoms with van der Waals surface area (Å²) in [6.07, 6.45) is 15.6. The van der Waals surface area contributed by atoms with E-state index in [2.05, 4.69) is 6.92 Å². The molecule has 0 radical (unpaired) electrons. The first-order valence-electron chi connectivity index (χ1n) is 9.00. The zero-order valence-electron chi connectivity index (χ0n) is 15.2. The topological polar surface area (TPSA) is 80.6 Å². The number of hydrogen-bond acceptors (Lipinski definition) is 4. The molecule has 0 bridgehead atoms. The van der Waals surface area contributed by atoms with Gasteiger partial charge in [-0.3, -0.25) is 0 Å². The molecule has 0 unspecified atom stereocenters. The highest BCUT2D eigenvalue weighted by Gasteiger charge is 2.12. The monoisotopic (exact) mass is 387 g/mol. The average molecular weight is 388 g/mol. The Hall–Kier alpha value is -0.0700. The van der Waals surface area contributed by atoms with Gasteiger partial charge in [-0.2, -0.15) is 10.4 Å². The lowest BCUT2D eigenvalue weighted by molar-refractivity contribution is -1.23. The number of hydrogen-bond donors (Lipinski definition) is 2. The molecular weight excluding hydrogens is 353 g/mol. The van der Waals surface area contributed by atoms with Gasteiger partial charge in [0, 0.05) is 6.42 Å². The van der Waals surface area contributed by atoms with Crippen LogP contribution in [0.25, 0.3) is 0 Å². The number of aliphatic carboxylic acids is 1. The van der Waals surface area contributed by atoms with E-state index in [0.717, 1.165) is 12.8 Å². The molecule has 2 N–H and O–H groups in total. The van der Waals surface area contributed by atoms with Crippen LogP contribution in [0.3, 0.4) is 0 Å². The molecule has 0 aliphatic carbocycles. The molecule has 0 rings (SSSR count). The summed E-state index contributed by atoms with van der Waals surface area (Å²) in [5, 5.41) is 27.5. The quantitative estimate of drug-likeness (QED) is 0.199. The number of halogens is 2. The molecule has 146 valence electrons. The van der Waals surface area contributed by atoms with E-state index >= 15 is 0 Å². The Balaban J connectivity index is 0. The maximum atomic E-state index is 9.32. The first-order chi connectivity index (χ1) is 11.2. The number of carboxylic acid groups (broad SMARTS) is 1. The number of hydroxylamine groups is 4. The van der Waals surface area contributed by atoms with Gasteiger partial charge in [-0.15, -0.1) is 0 Å². The standard InChI is InChI=1S/C15H34NO2.C2H2Cl2O2/c1-3-4-5-6-7-8-9-10-11-12-13-14-15-16(2,17)18;3-1(4)2(5)6/h17-18H,3-15H2,1-2H3;1H,(H,5,6)/q+1;/p-1. The van der Waals surface area contributed by atoms with E-state index in [1.54, 1.807) is 0 Å². The van der Waals surface area contributed by atoms with Crippen LogP contribution in [-0.2, 0) is 4.79 Å². The Labute approximate surface area is 157 Å². The van der Waals surface area contributed by atoms with E-state index in [9.17, 15) is 9.90 Å². The first-order valence-corrected chi connectivity index (χ1v) is 9.88. The minimum absolute atomic E-state index is 0.442. The van der Waals surface area contributed by atoms with Crippen LogP contribution in [0.2, 0.25) is 0 Å². The van der Waals surface area contributed by atoms with Crippen molar-refractivity contribution in [2.45, 2.75) is 88.8 Å². The molecule has 0 atom stereocenters. The second-order valence-electron chi connectivity index (χ2n) is 6.32. The van der Waals surface area contributed by atoms with Crippen LogP contribution in [0.1, 0.15) is 84.0 Å². The predicted octanol–water partition coefficient (Wildman–Crippen LogP) is 4.45. The lowest BCUT2D eigenvalue weighted by atomic mass is 10.1. The number of unbranched alkanes of at least 4 members (excludes halogenated alkanes) is 11. The van der Waals surface area contributed by atoms with Crippen LogP contribution in [-0.4, -0.2) is 39.6 Å². The van der Waals surface area contributed by atoms with Crippen LogP contribution < -0.4 is 5.11 Å². The van der Waals surface area contributed by atoms with Gasteiger partial charge in [0.05, 0.1) is 5.97 Å². The summed E-state index contributed by atoms with van der Waals surface area (Å²) in [5.74, 6) is -1.46. The molecule has 0 aromatic carbocycles. The van der Waals surface area contributed by atoms with Crippen molar-refractivity contribution in [1.82, 2.24) is 0 Å². The van der Waals surface area contributed by atoms with E-state index in [0.29, 0.717) is 6.54 Å². The molecule has 0 aromatic rings. The highest BCUT2D eigenvalue weighted by molar-refractivity contribution is 6.52. The molecule has 0 spiro atoms. The van der Waals surface area contributed by atoms with Crippen molar-refractivity contribution < 1.29 is 25.1 Å². The van der Waals surface area contributed by atoms with Gasteiger partial charge in [0.25, 0.3) is 0 Å². The molecule has 0 aliphatic heterocycles. The summed E-state index contributed by atoms with van der Waals surface area (Å²) >= 11 is 9.43. The number of carbonyl (C=O) groups excluding carboxylic acids is 1. The molecule has 5 nitrogen and oxygen atoms in total. The third-order valence-electron chi connectivity index (χ3n) is 3.61. The number of alkyl halides is 2. The fourth-order valence-electron chi connectivity index (χ4n) is 2.25. The molecule has 0 aromatic heterocycles. The van der Waals surface area contributed by atoms with Crippen molar-refractivity contribution in [3.63, 3.8) is 0 Å². The van der Waals surface area contributed by atoms with E-state index in [4.69, 9.17) is 33.6 Å². The van der Waals surface area contributed by atoms with Gasteiger partial charge >= 0.3 is 0 Å². The smallest absolute Gasteiger partial charge is 0.146 e. The molecule has 0 fully saturated rings. The Bertz CT molecular complexity index is 284. The average Bonchev–Trinajstić information content (AvgIpc) is 2.48. The summed E-state index contributed by atoms with van der Waals surface area (Å²) < 4.78 is 0. The molecule has 0 heterocycles. The predicted molar refractivity (Wildman–Crippen MR) is 96.2 cm³/mol. The molecule has 0 saturated heterocycles. The fraction of sp³-hybridized carbons (Fsp3) is 0.941. The van der Waals surface area contributed by atoms with Crippen LogP contribution in [0.5, 0.6) is 0 Å². The third-order valence-corrected chi connectivity index (χ3v) is 3.97. The largest absolute Gasteiger partial charge is 0.547 e. The maximum Gasteiger partial charge on any atom is 0.146 e. The van der Waals surface area contributed by atoms with Gasteiger partial charge in [0.15, 0.2) is 0 Å². The molecule has 7 heteroatoms. The Kier molecular flexibility index (Phi) is 19.3. The minimum Gasteiger partial charge on any atom is -0.547 e. The summed E-state index contributed by atoms with van der Waals surface area (Å²) in [6.45, 7) is 2.70. The second-order valence-corrected chi connectivity index (χ2v) is 7.42. The van der Waals surface area contributed by atoms with Crippen molar-refractivity contribution in [3.8, 4) is 0 Å². The highest BCUT2D eigenvalue weighted by Crippen LogP contribution is 2.12. The minimum atomic E-state index is -1.46. The van der Waals surface area contributed by atoms with Crippen LogP contribution >= 0.6 is 23.2 Å². The SMILES string of the molecule is CCCCCCCCCCCCCC[N+](C)(O)O.O=C([O-])C(Cl)Cl. The van der Waals surface area contributed by atoms with Crippen LogP contribution in [0.15, 0.2) is 0 Å². The lowest BCUT2D eigenvalue weighted by Gasteiger charge is -2.14. The van der Waals surface area contributed by atoms with Gasteiger partial charge in [0.1, 0.15) is 18.4 Å². The van der Waals surface area contributed by atoms with Gasteiger partial charge in [-0.1, -0.05) is 99.1 Å². The summed E-state index contributed by atoms with van der Waals surface area (Å²) in [7, 11) is 1.40. The van der Waals surface area contributed by atoms with E-state index in [1.807, 2.05) is 0 Å². The lowest BCUT2D eigenvalue weighted by Crippen LogP contribution is -2.36. The van der Waals surface area contributed by atoms with Gasteiger partial charge in [-0.25, -0.2) is 0 Å². The van der Waals surface area contributed by atoms with E-state index < -0.39 is 15.6 Å². The van der Waals surface area contributed by atoms with Gasteiger partial charge < -0.3 is 9.90 Å². The van der Waals surface area contributed by atoms with Crippen molar-refractivity contribution >= 4 is 29.2 Å². The first kappa shape index (κ1) is 26.2. The summed E-state index contributed by atoms with van der Waals surface area (Å²) in [5.41, 5.74) is 0. The van der Waals surface area contributed by atoms with Crippen LogP contribution in [0, 0.1) is 0 Å². The third kappa shape index (κ3) is 26.8. The zero-order chi connectivity index (χ0) is 18.8. The number of quaternary nitrogens is 1. The molecule has 0 aliphatic rings. The molecule has 24 heavy (non-hydrogen) atoms. The fourth-order valence-corrected chi connectivity index (χ4v) is 2.25. The molecule has 0 amide bonds. The number of nitrogens with zero attached hydrogens (tertiary/aromatic N) is 1. The number of carboxylic acids is 1. The Morgan fingerprint density at radius 2 is 1.17 bits per heavy atom. The van der Waals surface area contributed by atoms with Crippen molar-refractivity contribution in [3.05, 3.63) is 0 Å². The Morgan fingerprint density at radius 3 is 1.42 bits per heavy atom. The summed E-state index contributed by atoms with van der Waals surface area (Å²) in [6, 6.07) is 0. The highest BCUT2D eigenvalue weighted by atomic mass is 35.5. The summed E-state index contributed by atoms with van der Waals surface area (Å²) in [4.78, 5) is 7.05. The maximum absolute atomic E-state index is 9.32. The van der Waals surface area contributed by atoms with Crippen molar-refractivity contribution in [2.75, 3.05) is 13.6 Å². The molecule has 0 saturated carbocycles. The van der Waals surface area contributed by atoms with E-state index in [-0.39, 0.29) is 0 Å². The van der Waals surface area contributed by atoms with Gasteiger partial charge in [0.2, 0.25) is 0 Å². The number of carbonyl (C=O) groups is 1. The van der Waals surface area contributed by atoms with Crippen molar-refractivity contribution in [1.29, 1.82) is 0 Å². The normalized spacial score (nSPS) is 11.3. The zero-order valence-corrected chi connectivity index (χ0v) is 16.7. The van der Waals surface area contributed by atoms with Gasteiger partial charge in [-0.05, 0) is 6.42 Å². The van der Waals surface area contributed by atoms with Crippen LogP contribution in [0.4, 0.5) is 0 Å². The van der Waals surface area contributed by atoms with Crippen molar-refractivity contribution in [2.24, 2.45) is 0 Å². The Morgan fingerprint density at radius 1 is 0.875 bits per heavy atom.